The van der Waals surface area contributed by atoms with Crippen LogP contribution in [-0.2, 0) is 6.54 Å². The van der Waals surface area contributed by atoms with Crippen LogP contribution in [0.4, 0.5) is 0 Å². The van der Waals surface area contributed by atoms with Crippen molar-refractivity contribution < 1.29 is 19.0 Å². The molecular formula is C19H20N2O4. The molecule has 6 heteroatoms. The number of ether oxygens (including phenoxy) is 3. The van der Waals surface area contributed by atoms with E-state index >= 15 is 0 Å². The van der Waals surface area contributed by atoms with Gasteiger partial charge in [-0.25, -0.2) is 4.98 Å². The van der Waals surface area contributed by atoms with E-state index in [0.29, 0.717) is 48.6 Å². The summed E-state index contributed by atoms with van der Waals surface area (Å²) in [6, 6.07) is 8.94. The molecule has 2 aromatic rings. The number of carbonyl (C=O) groups excluding carboxylic acids is 1. The molecule has 1 aliphatic heterocycles. The van der Waals surface area contributed by atoms with Gasteiger partial charge in [-0.15, -0.1) is 0 Å². The number of carbonyl (C=O) groups is 1. The van der Waals surface area contributed by atoms with Crippen LogP contribution in [0.3, 0.4) is 0 Å². The van der Waals surface area contributed by atoms with Crippen molar-refractivity contribution in [3.8, 4) is 17.4 Å². The molecule has 0 bridgehead atoms. The van der Waals surface area contributed by atoms with Gasteiger partial charge in [0.05, 0.1) is 6.61 Å². The maximum absolute atomic E-state index is 12.4. The Morgan fingerprint density at radius 1 is 1.16 bits per heavy atom. The minimum Gasteiger partial charge on any atom is -0.486 e. The third-order valence-corrected chi connectivity index (χ3v) is 4.22. The molecule has 2 aliphatic rings. The van der Waals surface area contributed by atoms with Crippen LogP contribution < -0.4 is 19.5 Å². The van der Waals surface area contributed by atoms with E-state index in [1.165, 1.54) is 12.8 Å². The van der Waals surface area contributed by atoms with Crippen LogP contribution in [0.5, 0.6) is 17.4 Å². The normalized spacial score (nSPS) is 15.5. The number of nitrogens with one attached hydrogen (secondary N) is 1. The van der Waals surface area contributed by atoms with Gasteiger partial charge in [-0.1, -0.05) is 0 Å². The summed E-state index contributed by atoms with van der Waals surface area (Å²) < 4.78 is 16.7. The smallest absolute Gasteiger partial charge is 0.251 e. The number of aromatic nitrogens is 1. The van der Waals surface area contributed by atoms with Crippen molar-refractivity contribution in [2.24, 2.45) is 5.92 Å². The molecule has 0 spiro atoms. The highest BCUT2D eigenvalue weighted by atomic mass is 16.6. The number of fused-ring (bicyclic) bond motifs is 1. The zero-order valence-corrected chi connectivity index (χ0v) is 13.9. The first-order valence-electron chi connectivity index (χ1n) is 8.53. The summed E-state index contributed by atoms with van der Waals surface area (Å²) in [5.41, 5.74) is 1.50. The lowest BCUT2D eigenvalue weighted by Crippen LogP contribution is -2.23. The SMILES string of the molecule is O=C(NCc1ccnc(OCC2CC2)c1)c1ccc2c(c1)OCCO2. The second-order valence-electron chi connectivity index (χ2n) is 6.30. The van der Waals surface area contributed by atoms with Gasteiger partial charge in [-0.05, 0) is 48.6 Å². The fourth-order valence-corrected chi connectivity index (χ4v) is 2.60. The zero-order chi connectivity index (χ0) is 17.1. The molecule has 1 N–H and O–H groups in total. The molecule has 1 aromatic heterocycles. The molecule has 6 nitrogen and oxygen atoms in total. The molecule has 130 valence electrons. The van der Waals surface area contributed by atoms with Crippen LogP contribution in [0.1, 0.15) is 28.8 Å². The van der Waals surface area contributed by atoms with Gasteiger partial charge in [-0.2, -0.15) is 0 Å². The molecule has 0 radical (unpaired) electrons. The average Bonchev–Trinajstić information content (AvgIpc) is 3.49. The van der Waals surface area contributed by atoms with Crippen LogP contribution >= 0.6 is 0 Å². The number of amides is 1. The summed E-state index contributed by atoms with van der Waals surface area (Å²) in [5, 5.41) is 2.91. The topological polar surface area (TPSA) is 69.7 Å². The third-order valence-electron chi connectivity index (χ3n) is 4.22. The monoisotopic (exact) mass is 340 g/mol. The van der Waals surface area contributed by atoms with Crippen molar-refractivity contribution >= 4 is 5.91 Å². The summed E-state index contributed by atoms with van der Waals surface area (Å²) in [5.74, 6) is 2.42. The van der Waals surface area contributed by atoms with E-state index in [-0.39, 0.29) is 5.91 Å². The number of rotatable bonds is 6. The van der Waals surface area contributed by atoms with Crippen molar-refractivity contribution in [3.05, 3.63) is 47.7 Å². The highest BCUT2D eigenvalue weighted by Gasteiger charge is 2.22. The fraction of sp³-hybridized carbons (Fsp3) is 0.368. The predicted molar refractivity (Wildman–Crippen MR) is 91.1 cm³/mol. The predicted octanol–water partition coefficient (Wildman–Crippen LogP) is 2.57. The molecule has 25 heavy (non-hydrogen) atoms. The summed E-state index contributed by atoms with van der Waals surface area (Å²) in [7, 11) is 0. The van der Waals surface area contributed by atoms with Crippen molar-refractivity contribution in [2.75, 3.05) is 19.8 Å². The Labute approximate surface area is 146 Å². The van der Waals surface area contributed by atoms with Crippen molar-refractivity contribution in [3.63, 3.8) is 0 Å². The van der Waals surface area contributed by atoms with E-state index in [1.807, 2.05) is 12.1 Å². The van der Waals surface area contributed by atoms with Crippen LogP contribution in [-0.4, -0.2) is 30.7 Å². The molecule has 0 unspecified atom stereocenters. The molecule has 1 amide bonds. The lowest BCUT2D eigenvalue weighted by molar-refractivity contribution is 0.0949. The van der Waals surface area contributed by atoms with Crippen LogP contribution in [0, 0.1) is 5.92 Å². The van der Waals surface area contributed by atoms with Crippen molar-refractivity contribution in [1.29, 1.82) is 0 Å². The summed E-state index contributed by atoms with van der Waals surface area (Å²) >= 11 is 0. The number of nitrogens with zero attached hydrogens (tertiary/aromatic N) is 1. The molecule has 0 saturated heterocycles. The van der Waals surface area contributed by atoms with Crippen LogP contribution in [0.15, 0.2) is 36.5 Å². The minimum atomic E-state index is -0.158. The Balaban J connectivity index is 1.35. The van der Waals surface area contributed by atoms with E-state index in [4.69, 9.17) is 14.2 Å². The first kappa shape index (κ1) is 15.7. The number of pyridine rings is 1. The standard InChI is InChI=1S/C19H20N2O4/c22-19(15-3-4-16-17(10-15)24-8-7-23-16)21-11-14-5-6-20-18(9-14)25-12-13-1-2-13/h3-6,9-10,13H,1-2,7-8,11-12H2,(H,21,22). The first-order valence-corrected chi connectivity index (χ1v) is 8.53. The Kier molecular flexibility index (Phi) is 4.41. The van der Waals surface area contributed by atoms with E-state index in [0.717, 1.165) is 12.2 Å². The largest absolute Gasteiger partial charge is 0.486 e. The molecule has 1 fully saturated rings. The van der Waals surface area contributed by atoms with E-state index in [2.05, 4.69) is 10.3 Å². The van der Waals surface area contributed by atoms with E-state index < -0.39 is 0 Å². The van der Waals surface area contributed by atoms with E-state index in [9.17, 15) is 4.79 Å². The quantitative estimate of drug-likeness (QED) is 0.875. The lowest BCUT2D eigenvalue weighted by atomic mass is 10.1. The number of benzene rings is 1. The lowest BCUT2D eigenvalue weighted by Gasteiger charge is -2.18. The van der Waals surface area contributed by atoms with Gasteiger partial charge in [0, 0.05) is 24.4 Å². The minimum absolute atomic E-state index is 0.158. The molecular weight excluding hydrogens is 320 g/mol. The Bertz CT molecular complexity index is 774. The highest BCUT2D eigenvalue weighted by molar-refractivity contribution is 5.94. The first-order chi connectivity index (χ1) is 12.3. The van der Waals surface area contributed by atoms with Gasteiger partial charge >= 0.3 is 0 Å². The van der Waals surface area contributed by atoms with Crippen molar-refractivity contribution in [2.45, 2.75) is 19.4 Å². The van der Waals surface area contributed by atoms with Gasteiger partial charge in [-0.3, -0.25) is 4.79 Å². The molecule has 4 rings (SSSR count). The van der Waals surface area contributed by atoms with Gasteiger partial charge in [0.1, 0.15) is 13.2 Å². The van der Waals surface area contributed by atoms with Gasteiger partial charge in [0.25, 0.3) is 5.91 Å². The molecule has 1 aromatic carbocycles. The summed E-state index contributed by atoms with van der Waals surface area (Å²) in [4.78, 5) is 16.6. The van der Waals surface area contributed by atoms with Crippen molar-refractivity contribution in [1.82, 2.24) is 10.3 Å². The maximum Gasteiger partial charge on any atom is 0.251 e. The van der Waals surface area contributed by atoms with E-state index in [1.54, 1.807) is 24.4 Å². The fourth-order valence-electron chi connectivity index (χ4n) is 2.60. The second kappa shape index (κ2) is 7.01. The maximum atomic E-state index is 12.4. The summed E-state index contributed by atoms with van der Waals surface area (Å²) in [6.45, 7) is 2.17. The zero-order valence-electron chi connectivity index (χ0n) is 13.9. The van der Waals surface area contributed by atoms with Gasteiger partial charge in [0.2, 0.25) is 5.88 Å². The summed E-state index contributed by atoms with van der Waals surface area (Å²) in [6.07, 6.45) is 4.18. The number of hydrogen-bond donors (Lipinski definition) is 1. The molecule has 0 atom stereocenters. The van der Waals surface area contributed by atoms with Gasteiger partial charge < -0.3 is 19.5 Å². The molecule has 1 saturated carbocycles. The highest BCUT2D eigenvalue weighted by Crippen LogP contribution is 2.31. The van der Waals surface area contributed by atoms with Crippen LogP contribution in [0.2, 0.25) is 0 Å². The second-order valence-corrected chi connectivity index (χ2v) is 6.30. The average molecular weight is 340 g/mol. The Morgan fingerprint density at radius 3 is 2.84 bits per heavy atom. The van der Waals surface area contributed by atoms with Gasteiger partial charge in [0.15, 0.2) is 11.5 Å². The molecule has 2 heterocycles. The Hall–Kier alpha value is -2.76. The third kappa shape index (κ3) is 4.02. The number of hydrogen-bond acceptors (Lipinski definition) is 5. The molecule has 1 aliphatic carbocycles. The van der Waals surface area contributed by atoms with Crippen LogP contribution in [0.25, 0.3) is 0 Å². The Morgan fingerprint density at radius 2 is 2.00 bits per heavy atom.